The van der Waals surface area contributed by atoms with Crippen LogP contribution in [0.15, 0.2) is 115 Å². The summed E-state index contributed by atoms with van der Waals surface area (Å²) < 4.78 is 0. The molecule has 5 rings (SSSR count). The quantitative estimate of drug-likeness (QED) is 0.139. The van der Waals surface area contributed by atoms with Crippen LogP contribution in [0.2, 0.25) is 0 Å². The molecule has 1 aliphatic rings. The van der Waals surface area contributed by atoms with E-state index in [1.54, 1.807) is 24.3 Å². The van der Waals surface area contributed by atoms with E-state index in [1.165, 1.54) is 30.2 Å². The van der Waals surface area contributed by atoms with Gasteiger partial charge in [-0.05, 0) is 71.7 Å². The number of carbonyl (C=O) groups excluding carboxylic acids is 3. The molecule has 0 aliphatic heterocycles. The molecule has 2 N–H and O–H groups in total. The van der Waals surface area contributed by atoms with E-state index < -0.39 is 11.9 Å². The Morgan fingerprint density at radius 2 is 1.25 bits per heavy atom. The Bertz CT molecular complexity index is 1720. The Kier molecular flexibility index (Phi) is 9.72. The standard InChI is InChI=1S/C38H33NO5/c40-35(31-17-13-29(14-18-31)27-9-5-2-6-10-27)25-34(30-15-11-28(12-16-30)26-7-3-1-4-8-26)37(43)32-19-21-33(22-20-32)38(44)39-24-23-36(41)42/h2,5-7,9-22,25H,1,3-4,8,23-24H2,(H,39,44)(H,41,42)/b34-25-. The molecule has 4 aromatic rings. The molecule has 0 bridgehead atoms. The molecule has 6 heteroatoms. The molecule has 0 saturated carbocycles. The summed E-state index contributed by atoms with van der Waals surface area (Å²) in [6.07, 6.45) is 7.91. The summed E-state index contributed by atoms with van der Waals surface area (Å²) in [6.45, 7) is 0.00305. The van der Waals surface area contributed by atoms with Gasteiger partial charge in [0, 0.05) is 28.8 Å². The number of ketones is 2. The second-order valence-corrected chi connectivity index (χ2v) is 10.7. The van der Waals surface area contributed by atoms with Gasteiger partial charge in [0.15, 0.2) is 11.6 Å². The second-order valence-electron chi connectivity index (χ2n) is 10.7. The normalized spacial score (nSPS) is 13.1. The molecule has 0 unspecified atom stereocenters. The fraction of sp³-hybridized carbons (Fsp3) is 0.158. The van der Waals surface area contributed by atoms with Gasteiger partial charge in [-0.2, -0.15) is 0 Å². The maximum atomic E-state index is 13.9. The lowest BCUT2D eigenvalue weighted by Gasteiger charge is -2.14. The van der Waals surface area contributed by atoms with Crippen molar-refractivity contribution in [1.29, 1.82) is 0 Å². The van der Waals surface area contributed by atoms with Gasteiger partial charge in [0.25, 0.3) is 5.91 Å². The number of carboxylic acids is 1. The monoisotopic (exact) mass is 583 g/mol. The molecule has 0 atom stereocenters. The number of benzene rings is 4. The van der Waals surface area contributed by atoms with Crippen molar-refractivity contribution in [3.63, 3.8) is 0 Å². The summed E-state index contributed by atoms with van der Waals surface area (Å²) in [6, 6.07) is 31.1. The Labute approximate surface area is 256 Å². The largest absolute Gasteiger partial charge is 0.481 e. The SMILES string of the molecule is O=C(O)CCNC(=O)c1ccc(C(=O)/C(=C\C(=O)c2ccc(-c3ccccc3)cc2)c2ccc(C3=CCCCC3)cc2)cc1. The molecule has 0 heterocycles. The highest BCUT2D eigenvalue weighted by Crippen LogP contribution is 2.29. The van der Waals surface area contributed by atoms with Crippen LogP contribution < -0.4 is 5.32 Å². The van der Waals surface area contributed by atoms with E-state index in [0.717, 1.165) is 36.0 Å². The number of hydrogen-bond acceptors (Lipinski definition) is 4. The van der Waals surface area contributed by atoms with Crippen molar-refractivity contribution in [1.82, 2.24) is 5.32 Å². The molecule has 1 amide bonds. The van der Waals surface area contributed by atoms with E-state index in [9.17, 15) is 19.2 Å². The molecule has 6 nitrogen and oxygen atoms in total. The molecule has 0 radical (unpaired) electrons. The third-order valence-electron chi connectivity index (χ3n) is 7.69. The lowest BCUT2D eigenvalue weighted by molar-refractivity contribution is -0.136. The second kappa shape index (κ2) is 14.2. The molecule has 44 heavy (non-hydrogen) atoms. The highest BCUT2D eigenvalue weighted by Gasteiger charge is 2.19. The van der Waals surface area contributed by atoms with Crippen LogP contribution in [0.25, 0.3) is 22.3 Å². The predicted molar refractivity (Wildman–Crippen MR) is 172 cm³/mol. The number of carbonyl (C=O) groups is 4. The summed E-state index contributed by atoms with van der Waals surface area (Å²) >= 11 is 0. The Morgan fingerprint density at radius 1 is 0.659 bits per heavy atom. The van der Waals surface area contributed by atoms with Gasteiger partial charge < -0.3 is 10.4 Å². The fourth-order valence-electron chi connectivity index (χ4n) is 5.23. The van der Waals surface area contributed by atoms with Crippen LogP contribution in [0.1, 0.15) is 74.3 Å². The molecule has 0 aromatic heterocycles. The topological polar surface area (TPSA) is 101 Å². The fourth-order valence-corrected chi connectivity index (χ4v) is 5.23. The van der Waals surface area contributed by atoms with E-state index in [1.807, 2.05) is 66.7 Å². The maximum Gasteiger partial charge on any atom is 0.305 e. The molecule has 0 fully saturated rings. The zero-order valence-electron chi connectivity index (χ0n) is 24.3. The van der Waals surface area contributed by atoms with Crippen LogP contribution in [0.4, 0.5) is 0 Å². The minimum absolute atomic E-state index is 0.00305. The van der Waals surface area contributed by atoms with Crippen molar-refractivity contribution in [3.05, 3.63) is 143 Å². The average Bonchev–Trinajstić information content (AvgIpc) is 3.07. The average molecular weight is 584 g/mol. The Balaban J connectivity index is 1.43. The zero-order valence-corrected chi connectivity index (χ0v) is 24.3. The van der Waals surface area contributed by atoms with Crippen molar-refractivity contribution >= 4 is 34.6 Å². The first-order chi connectivity index (χ1) is 21.4. The molecule has 0 saturated heterocycles. The molecule has 220 valence electrons. The minimum atomic E-state index is -1.00. The van der Waals surface area contributed by atoms with E-state index in [-0.39, 0.29) is 30.1 Å². The van der Waals surface area contributed by atoms with Crippen molar-refractivity contribution in [2.24, 2.45) is 0 Å². The third-order valence-corrected chi connectivity index (χ3v) is 7.69. The Morgan fingerprint density at radius 3 is 1.89 bits per heavy atom. The summed E-state index contributed by atoms with van der Waals surface area (Å²) in [7, 11) is 0. The number of rotatable bonds is 11. The van der Waals surface area contributed by atoms with Gasteiger partial charge in [-0.25, -0.2) is 0 Å². The van der Waals surface area contributed by atoms with Gasteiger partial charge >= 0.3 is 5.97 Å². The summed E-state index contributed by atoms with van der Waals surface area (Å²) in [4.78, 5) is 50.5. The maximum absolute atomic E-state index is 13.9. The lowest BCUT2D eigenvalue weighted by Crippen LogP contribution is -2.26. The summed E-state index contributed by atoms with van der Waals surface area (Å²) in [5, 5.41) is 11.3. The molecule has 1 aliphatic carbocycles. The minimum Gasteiger partial charge on any atom is -0.481 e. The zero-order chi connectivity index (χ0) is 30.9. The van der Waals surface area contributed by atoms with E-state index in [0.29, 0.717) is 22.3 Å². The van der Waals surface area contributed by atoms with Crippen LogP contribution in [0.3, 0.4) is 0 Å². The predicted octanol–water partition coefficient (Wildman–Crippen LogP) is 7.66. The number of allylic oxidation sites excluding steroid dienone is 4. The van der Waals surface area contributed by atoms with Crippen molar-refractivity contribution < 1.29 is 24.3 Å². The van der Waals surface area contributed by atoms with Gasteiger partial charge in [0.05, 0.1) is 6.42 Å². The van der Waals surface area contributed by atoms with Crippen LogP contribution in [-0.2, 0) is 4.79 Å². The Hall–Kier alpha value is -5.36. The number of amides is 1. The first-order valence-corrected chi connectivity index (χ1v) is 14.7. The molecule has 4 aromatic carbocycles. The van der Waals surface area contributed by atoms with Crippen molar-refractivity contribution in [2.45, 2.75) is 32.1 Å². The van der Waals surface area contributed by atoms with E-state index >= 15 is 0 Å². The van der Waals surface area contributed by atoms with Gasteiger partial charge in [0.1, 0.15) is 0 Å². The molecular formula is C38H33NO5. The van der Waals surface area contributed by atoms with Crippen LogP contribution in [0, 0.1) is 0 Å². The number of Topliss-reactive ketones (excluding diaryl/α,β-unsaturated/α-hetero) is 1. The van der Waals surface area contributed by atoms with Crippen molar-refractivity contribution in [2.75, 3.05) is 6.54 Å². The van der Waals surface area contributed by atoms with Crippen LogP contribution >= 0.6 is 0 Å². The first kappa shape index (κ1) is 30.1. The molecular weight excluding hydrogens is 550 g/mol. The highest BCUT2D eigenvalue weighted by molar-refractivity contribution is 6.32. The van der Waals surface area contributed by atoms with Gasteiger partial charge in [-0.15, -0.1) is 0 Å². The van der Waals surface area contributed by atoms with E-state index in [4.69, 9.17) is 5.11 Å². The third kappa shape index (κ3) is 7.53. The van der Waals surface area contributed by atoms with Gasteiger partial charge in [-0.1, -0.05) is 97.1 Å². The lowest BCUT2D eigenvalue weighted by atomic mass is 9.90. The number of hydrogen-bond donors (Lipinski definition) is 2. The van der Waals surface area contributed by atoms with E-state index in [2.05, 4.69) is 11.4 Å². The highest BCUT2D eigenvalue weighted by atomic mass is 16.4. The summed E-state index contributed by atoms with van der Waals surface area (Å²) in [5.74, 6) is -2.07. The van der Waals surface area contributed by atoms with Gasteiger partial charge in [0.2, 0.25) is 0 Å². The van der Waals surface area contributed by atoms with Crippen LogP contribution in [-0.4, -0.2) is 35.1 Å². The van der Waals surface area contributed by atoms with Gasteiger partial charge in [-0.3, -0.25) is 19.2 Å². The van der Waals surface area contributed by atoms with Crippen LogP contribution in [0.5, 0.6) is 0 Å². The summed E-state index contributed by atoms with van der Waals surface area (Å²) in [5.41, 5.74) is 6.42. The smallest absolute Gasteiger partial charge is 0.305 e. The number of carboxylic acid groups (broad SMARTS) is 1. The first-order valence-electron chi connectivity index (χ1n) is 14.7. The molecule has 0 spiro atoms. The van der Waals surface area contributed by atoms with Crippen molar-refractivity contribution in [3.8, 4) is 11.1 Å². The number of nitrogens with one attached hydrogen (secondary N) is 1. The number of aliphatic carboxylic acids is 1.